The molecule has 0 spiro atoms. The number of amides is 1. The van der Waals surface area contributed by atoms with Gasteiger partial charge < -0.3 is 10.3 Å². The number of fused-ring (bicyclic) bond motifs is 1. The molecule has 0 radical (unpaired) electrons. The van der Waals surface area contributed by atoms with Crippen LogP contribution in [0.15, 0.2) is 66.9 Å². The Morgan fingerprint density at radius 1 is 1.07 bits per heavy atom. The molecule has 0 bridgehead atoms. The summed E-state index contributed by atoms with van der Waals surface area (Å²) in [5, 5.41) is 12.9. The average molecular weight is 379 g/mol. The Kier molecular flexibility index (Phi) is 3.88. The van der Waals surface area contributed by atoms with Crippen LogP contribution in [0, 0.1) is 11.3 Å². The standard InChI is InChI=1S/C23H17N5O/c24-14-23(9-10-23)28-22(29)19-8-4-7-18(26-19)17-11-16-12-20(27-21(16)25-13-17)15-5-2-1-3-6-15/h1-8,11-13H,9-10H2,(H,25,27)(H,28,29). The number of H-pyrrole nitrogens is 1. The van der Waals surface area contributed by atoms with Crippen LogP contribution in [0.5, 0.6) is 0 Å². The van der Waals surface area contributed by atoms with E-state index in [2.05, 4.69) is 32.4 Å². The molecule has 1 aliphatic rings. The number of rotatable bonds is 4. The van der Waals surface area contributed by atoms with E-state index in [1.165, 1.54) is 0 Å². The zero-order chi connectivity index (χ0) is 19.8. The molecule has 3 heterocycles. The Morgan fingerprint density at radius 3 is 2.66 bits per heavy atom. The number of carbonyl (C=O) groups is 1. The first-order valence-electron chi connectivity index (χ1n) is 9.41. The Labute approximate surface area is 167 Å². The number of nitrogens with zero attached hydrogens (tertiary/aromatic N) is 3. The Bertz CT molecular complexity index is 1270. The Hall–Kier alpha value is -3.98. The second-order valence-electron chi connectivity index (χ2n) is 7.27. The van der Waals surface area contributed by atoms with E-state index < -0.39 is 5.54 Å². The van der Waals surface area contributed by atoms with Gasteiger partial charge in [0.1, 0.15) is 16.9 Å². The topological polar surface area (TPSA) is 94.5 Å². The fourth-order valence-corrected chi connectivity index (χ4v) is 3.32. The molecule has 2 N–H and O–H groups in total. The van der Waals surface area contributed by atoms with Gasteiger partial charge in [-0.1, -0.05) is 36.4 Å². The molecule has 29 heavy (non-hydrogen) atoms. The minimum absolute atomic E-state index is 0.295. The molecule has 0 atom stereocenters. The number of pyridine rings is 2. The van der Waals surface area contributed by atoms with Gasteiger partial charge in [-0.2, -0.15) is 5.26 Å². The third-order valence-electron chi connectivity index (χ3n) is 5.15. The van der Waals surface area contributed by atoms with E-state index in [-0.39, 0.29) is 5.91 Å². The normalized spacial score (nSPS) is 14.3. The van der Waals surface area contributed by atoms with E-state index in [0.29, 0.717) is 24.2 Å². The van der Waals surface area contributed by atoms with E-state index in [1.807, 2.05) is 42.5 Å². The van der Waals surface area contributed by atoms with Crippen molar-refractivity contribution in [1.82, 2.24) is 20.3 Å². The molecular weight excluding hydrogens is 362 g/mol. The van der Waals surface area contributed by atoms with Crippen LogP contribution in [0.2, 0.25) is 0 Å². The second kappa shape index (κ2) is 6.57. The molecule has 0 aliphatic heterocycles. The van der Waals surface area contributed by atoms with Gasteiger partial charge in [-0.05, 0) is 42.7 Å². The van der Waals surface area contributed by atoms with E-state index in [0.717, 1.165) is 27.9 Å². The van der Waals surface area contributed by atoms with Crippen molar-refractivity contribution in [3.8, 4) is 28.6 Å². The first kappa shape index (κ1) is 17.1. The summed E-state index contributed by atoms with van der Waals surface area (Å²) in [6.07, 6.45) is 3.12. The molecular formula is C23H17N5O. The fourth-order valence-electron chi connectivity index (χ4n) is 3.32. The van der Waals surface area contributed by atoms with Crippen LogP contribution in [-0.2, 0) is 0 Å². The van der Waals surface area contributed by atoms with E-state index in [1.54, 1.807) is 18.3 Å². The highest BCUT2D eigenvalue weighted by Gasteiger charge is 2.44. The fraction of sp³-hybridized carbons (Fsp3) is 0.130. The van der Waals surface area contributed by atoms with Gasteiger partial charge in [0, 0.05) is 22.8 Å². The third-order valence-corrected chi connectivity index (χ3v) is 5.15. The van der Waals surface area contributed by atoms with Gasteiger partial charge in [0.25, 0.3) is 5.91 Å². The highest BCUT2D eigenvalue weighted by molar-refractivity contribution is 5.94. The van der Waals surface area contributed by atoms with Crippen molar-refractivity contribution in [2.24, 2.45) is 0 Å². The quantitative estimate of drug-likeness (QED) is 0.559. The predicted octanol–water partition coefficient (Wildman–Crippen LogP) is 4.08. The lowest BCUT2D eigenvalue weighted by atomic mass is 10.1. The van der Waals surface area contributed by atoms with Gasteiger partial charge in [-0.25, -0.2) is 9.97 Å². The maximum atomic E-state index is 12.5. The molecule has 0 unspecified atom stereocenters. The minimum atomic E-state index is -0.714. The van der Waals surface area contributed by atoms with Crippen molar-refractivity contribution in [3.05, 3.63) is 72.6 Å². The molecule has 1 amide bonds. The number of aromatic amines is 1. The average Bonchev–Trinajstić information content (AvgIpc) is 3.41. The number of benzene rings is 1. The van der Waals surface area contributed by atoms with Crippen LogP contribution in [0.25, 0.3) is 33.5 Å². The summed E-state index contributed by atoms with van der Waals surface area (Å²) < 4.78 is 0. The summed E-state index contributed by atoms with van der Waals surface area (Å²) in [4.78, 5) is 24.8. The zero-order valence-corrected chi connectivity index (χ0v) is 15.5. The lowest BCUT2D eigenvalue weighted by molar-refractivity contribution is 0.0936. The van der Waals surface area contributed by atoms with Gasteiger partial charge >= 0.3 is 0 Å². The van der Waals surface area contributed by atoms with Gasteiger partial charge in [-0.15, -0.1) is 0 Å². The number of aromatic nitrogens is 3. The van der Waals surface area contributed by atoms with Crippen molar-refractivity contribution in [2.75, 3.05) is 0 Å². The number of nitriles is 1. The predicted molar refractivity (Wildman–Crippen MR) is 110 cm³/mol. The van der Waals surface area contributed by atoms with Crippen LogP contribution in [0.4, 0.5) is 0 Å². The molecule has 6 heteroatoms. The van der Waals surface area contributed by atoms with Gasteiger partial charge in [-0.3, -0.25) is 4.79 Å². The molecule has 0 saturated heterocycles. The summed E-state index contributed by atoms with van der Waals surface area (Å²) >= 11 is 0. The molecule has 1 fully saturated rings. The van der Waals surface area contributed by atoms with Gasteiger partial charge in [0.15, 0.2) is 0 Å². The second-order valence-corrected chi connectivity index (χ2v) is 7.27. The zero-order valence-electron chi connectivity index (χ0n) is 15.5. The summed E-state index contributed by atoms with van der Waals surface area (Å²) in [7, 11) is 0. The number of hydrogen-bond donors (Lipinski definition) is 2. The first-order valence-corrected chi connectivity index (χ1v) is 9.41. The summed E-state index contributed by atoms with van der Waals surface area (Å²) in [6.45, 7) is 0. The van der Waals surface area contributed by atoms with Crippen LogP contribution in [0.3, 0.4) is 0 Å². The molecule has 1 saturated carbocycles. The Morgan fingerprint density at radius 2 is 1.90 bits per heavy atom. The molecule has 140 valence electrons. The van der Waals surface area contributed by atoms with E-state index >= 15 is 0 Å². The minimum Gasteiger partial charge on any atom is -0.339 e. The van der Waals surface area contributed by atoms with Crippen LogP contribution < -0.4 is 5.32 Å². The maximum Gasteiger partial charge on any atom is 0.271 e. The van der Waals surface area contributed by atoms with Gasteiger partial charge in [0.2, 0.25) is 0 Å². The monoisotopic (exact) mass is 379 g/mol. The van der Waals surface area contributed by atoms with Crippen molar-refractivity contribution < 1.29 is 4.79 Å². The lowest BCUT2D eigenvalue weighted by Crippen LogP contribution is -2.36. The smallest absolute Gasteiger partial charge is 0.271 e. The molecule has 6 nitrogen and oxygen atoms in total. The highest BCUT2D eigenvalue weighted by atomic mass is 16.2. The maximum absolute atomic E-state index is 12.5. The summed E-state index contributed by atoms with van der Waals surface area (Å²) in [5.41, 5.74) is 3.96. The molecule has 4 aromatic rings. The molecule has 3 aromatic heterocycles. The Balaban J connectivity index is 1.46. The molecule has 1 aliphatic carbocycles. The number of carbonyl (C=O) groups excluding carboxylic acids is 1. The van der Waals surface area contributed by atoms with Crippen molar-refractivity contribution in [2.45, 2.75) is 18.4 Å². The van der Waals surface area contributed by atoms with Crippen LogP contribution in [-0.4, -0.2) is 26.4 Å². The molecule has 1 aromatic carbocycles. The van der Waals surface area contributed by atoms with E-state index in [4.69, 9.17) is 0 Å². The van der Waals surface area contributed by atoms with Crippen molar-refractivity contribution in [1.29, 1.82) is 5.26 Å². The van der Waals surface area contributed by atoms with Crippen LogP contribution >= 0.6 is 0 Å². The molecule has 5 rings (SSSR count). The van der Waals surface area contributed by atoms with Crippen molar-refractivity contribution >= 4 is 16.9 Å². The number of nitrogens with one attached hydrogen (secondary N) is 2. The third kappa shape index (κ3) is 3.23. The summed E-state index contributed by atoms with van der Waals surface area (Å²) in [5.74, 6) is -0.326. The SMILES string of the molecule is N#CC1(NC(=O)c2cccc(-c3cnc4[nH]c(-c5ccccc5)cc4c3)n2)CC1. The van der Waals surface area contributed by atoms with Gasteiger partial charge in [0.05, 0.1) is 11.8 Å². The van der Waals surface area contributed by atoms with E-state index in [9.17, 15) is 10.1 Å². The number of hydrogen-bond acceptors (Lipinski definition) is 4. The first-order chi connectivity index (χ1) is 14.2. The lowest BCUT2D eigenvalue weighted by Gasteiger charge is -2.09. The summed E-state index contributed by atoms with van der Waals surface area (Å²) in [6, 6.07) is 21.6. The largest absolute Gasteiger partial charge is 0.339 e. The highest BCUT2D eigenvalue weighted by Crippen LogP contribution is 2.34. The van der Waals surface area contributed by atoms with Crippen LogP contribution in [0.1, 0.15) is 23.3 Å². The van der Waals surface area contributed by atoms with Crippen molar-refractivity contribution in [3.63, 3.8) is 0 Å².